The summed E-state index contributed by atoms with van der Waals surface area (Å²) in [6.45, 7) is 6.84. The van der Waals surface area contributed by atoms with E-state index in [1.807, 2.05) is 27.1 Å². The van der Waals surface area contributed by atoms with Crippen molar-refractivity contribution in [3.05, 3.63) is 23.3 Å². The van der Waals surface area contributed by atoms with E-state index >= 15 is 0 Å². The van der Waals surface area contributed by atoms with Crippen molar-refractivity contribution in [2.45, 2.75) is 33.4 Å². The molecule has 90 valence electrons. The van der Waals surface area contributed by atoms with Crippen LogP contribution in [0.4, 0.5) is 0 Å². The molecule has 0 unspecified atom stereocenters. The molecule has 0 radical (unpaired) electrons. The zero-order chi connectivity index (χ0) is 12.0. The van der Waals surface area contributed by atoms with Crippen molar-refractivity contribution in [2.24, 2.45) is 0 Å². The molecule has 0 saturated heterocycles. The summed E-state index contributed by atoms with van der Waals surface area (Å²) >= 11 is 0. The van der Waals surface area contributed by atoms with Gasteiger partial charge in [-0.3, -0.25) is 0 Å². The molecule has 1 N–H and O–H groups in total. The Hall–Kier alpha value is -1.00. The minimum absolute atomic E-state index is 0.794. The quantitative estimate of drug-likeness (QED) is 0.738. The lowest BCUT2D eigenvalue weighted by Crippen LogP contribution is -2.18. The largest absolute Gasteiger partial charge is 0.311 e. The number of rotatable bonds is 6. The maximum Gasteiger partial charge on any atom is 0.142 e. The van der Waals surface area contributed by atoms with E-state index in [1.165, 1.54) is 0 Å². The van der Waals surface area contributed by atoms with E-state index in [0.29, 0.717) is 0 Å². The average molecular weight is 222 g/mol. The highest BCUT2D eigenvalue weighted by Crippen LogP contribution is 2.02. The third-order valence-corrected chi connectivity index (χ3v) is 2.14. The van der Waals surface area contributed by atoms with Gasteiger partial charge in [-0.2, -0.15) is 0 Å². The molecule has 0 atom stereocenters. The number of aromatic nitrogens is 2. The molecule has 4 nitrogen and oxygen atoms in total. The Morgan fingerprint density at radius 2 is 2.06 bits per heavy atom. The van der Waals surface area contributed by atoms with Gasteiger partial charge in [0.2, 0.25) is 0 Å². The van der Waals surface area contributed by atoms with Gasteiger partial charge in [-0.05, 0) is 40.1 Å². The minimum atomic E-state index is 0.794. The molecule has 0 aliphatic rings. The maximum absolute atomic E-state index is 4.53. The number of hydrogen-bond donors (Lipinski definition) is 1. The highest BCUT2D eigenvalue weighted by atomic mass is 15.1. The van der Waals surface area contributed by atoms with E-state index in [2.05, 4.69) is 27.1 Å². The van der Waals surface area contributed by atoms with Gasteiger partial charge in [0, 0.05) is 12.2 Å². The number of hydrogen-bond acceptors (Lipinski definition) is 4. The summed E-state index contributed by atoms with van der Waals surface area (Å²) in [6.07, 6.45) is 1.15. The molecule has 0 fully saturated rings. The maximum atomic E-state index is 4.53. The van der Waals surface area contributed by atoms with Gasteiger partial charge in [-0.1, -0.05) is 6.92 Å². The minimum Gasteiger partial charge on any atom is -0.311 e. The molecule has 0 aliphatic heterocycles. The zero-order valence-electron chi connectivity index (χ0n) is 10.7. The van der Waals surface area contributed by atoms with Gasteiger partial charge < -0.3 is 10.2 Å². The van der Waals surface area contributed by atoms with Crippen LogP contribution in [0.2, 0.25) is 0 Å². The monoisotopic (exact) mass is 222 g/mol. The van der Waals surface area contributed by atoms with Gasteiger partial charge >= 0.3 is 0 Å². The highest BCUT2D eigenvalue weighted by molar-refractivity contribution is 5.10. The summed E-state index contributed by atoms with van der Waals surface area (Å²) in [4.78, 5) is 11.0. The fourth-order valence-electron chi connectivity index (χ4n) is 1.54. The van der Waals surface area contributed by atoms with Gasteiger partial charge in [0.05, 0.1) is 12.2 Å². The Bertz CT molecular complexity index is 323. The van der Waals surface area contributed by atoms with E-state index in [0.717, 1.165) is 43.3 Å². The molecular weight excluding hydrogens is 200 g/mol. The highest BCUT2D eigenvalue weighted by Gasteiger charge is 2.03. The van der Waals surface area contributed by atoms with Gasteiger partial charge in [0.15, 0.2) is 0 Å². The van der Waals surface area contributed by atoms with Crippen LogP contribution in [0.15, 0.2) is 6.07 Å². The van der Waals surface area contributed by atoms with E-state index < -0.39 is 0 Å². The summed E-state index contributed by atoms with van der Waals surface area (Å²) in [5, 5.41) is 3.36. The summed E-state index contributed by atoms with van der Waals surface area (Å²) in [7, 11) is 4.06. The van der Waals surface area contributed by atoms with Crippen molar-refractivity contribution in [1.29, 1.82) is 0 Å². The predicted octanol–water partition coefficient (Wildman–Crippen LogP) is 1.35. The SMILES string of the molecule is CCCNCc1cc(C)nc(CN(C)C)n1. The number of nitrogens with one attached hydrogen (secondary N) is 1. The molecule has 0 spiro atoms. The van der Waals surface area contributed by atoms with Crippen molar-refractivity contribution in [2.75, 3.05) is 20.6 Å². The van der Waals surface area contributed by atoms with Crippen molar-refractivity contribution >= 4 is 0 Å². The van der Waals surface area contributed by atoms with Gasteiger partial charge in [-0.15, -0.1) is 0 Å². The Balaban J connectivity index is 2.65. The van der Waals surface area contributed by atoms with Crippen LogP contribution in [-0.4, -0.2) is 35.5 Å². The van der Waals surface area contributed by atoms with Crippen molar-refractivity contribution < 1.29 is 0 Å². The molecule has 1 aromatic heterocycles. The van der Waals surface area contributed by atoms with E-state index in [9.17, 15) is 0 Å². The molecule has 0 aliphatic carbocycles. The summed E-state index contributed by atoms with van der Waals surface area (Å²) in [5.41, 5.74) is 2.12. The van der Waals surface area contributed by atoms with Crippen LogP contribution in [-0.2, 0) is 13.1 Å². The van der Waals surface area contributed by atoms with Crippen molar-refractivity contribution in [1.82, 2.24) is 20.2 Å². The molecule has 0 amide bonds. The Kier molecular flexibility index (Phi) is 5.35. The fraction of sp³-hybridized carbons (Fsp3) is 0.667. The second-order valence-electron chi connectivity index (χ2n) is 4.33. The zero-order valence-corrected chi connectivity index (χ0v) is 10.7. The first-order chi connectivity index (χ1) is 7.61. The molecule has 1 heterocycles. The predicted molar refractivity (Wildman–Crippen MR) is 66.2 cm³/mol. The first-order valence-electron chi connectivity index (χ1n) is 5.80. The second kappa shape index (κ2) is 6.55. The molecule has 0 bridgehead atoms. The lowest BCUT2D eigenvalue weighted by Gasteiger charge is -2.10. The second-order valence-corrected chi connectivity index (χ2v) is 4.33. The lowest BCUT2D eigenvalue weighted by molar-refractivity contribution is 0.389. The van der Waals surface area contributed by atoms with E-state index in [1.54, 1.807) is 0 Å². The average Bonchev–Trinajstić information content (AvgIpc) is 2.16. The topological polar surface area (TPSA) is 41.1 Å². The first kappa shape index (κ1) is 13.1. The van der Waals surface area contributed by atoms with E-state index in [4.69, 9.17) is 0 Å². The summed E-state index contributed by atoms with van der Waals surface area (Å²) in [6, 6.07) is 2.04. The Morgan fingerprint density at radius 1 is 1.31 bits per heavy atom. The van der Waals surface area contributed by atoms with Crippen LogP contribution in [0.3, 0.4) is 0 Å². The van der Waals surface area contributed by atoms with Crippen molar-refractivity contribution in [3.8, 4) is 0 Å². The molecule has 16 heavy (non-hydrogen) atoms. The van der Waals surface area contributed by atoms with Crippen LogP contribution in [0.1, 0.15) is 30.6 Å². The van der Waals surface area contributed by atoms with Crippen LogP contribution in [0.5, 0.6) is 0 Å². The third kappa shape index (κ3) is 4.68. The van der Waals surface area contributed by atoms with Crippen LogP contribution < -0.4 is 5.32 Å². The molecule has 0 aromatic carbocycles. The molecular formula is C12H22N4. The van der Waals surface area contributed by atoms with Gasteiger partial charge in [-0.25, -0.2) is 9.97 Å². The van der Waals surface area contributed by atoms with Crippen LogP contribution in [0, 0.1) is 6.92 Å². The summed E-state index contributed by atoms with van der Waals surface area (Å²) in [5.74, 6) is 0.901. The van der Waals surface area contributed by atoms with Gasteiger partial charge in [0.1, 0.15) is 5.82 Å². The molecule has 1 rings (SSSR count). The molecule has 0 saturated carbocycles. The van der Waals surface area contributed by atoms with Gasteiger partial charge in [0.25, 0.3) is 0 Å². The van der Waals surface area contributed by atoms with Crippen LogP contribution >= 0.6 is 0 Å². The smallest absolute Gasteiger partial charge is 0.142 e. The molecule has 1 aromatic rings. The molecule has 4 heteroatoms. The summed E-state index contributed by atoms with van der Waals surface area (Å²) < 4.78 is 0. The van der Waals surface area contributed by atoms with E-state index in [-0.39, 0.29) is 0 Å². The standard InChI is InChI=1S/C12H22N4/c1-5-6-13-8-11-7-10(2)14-12(15-11)9-16(3)4/h7,13H,5-6,8-9H2,1-4H3. The lowest BCUT2D eigenvalue weighted by atomic mass is 10.3. The Labute approximate surface area is 98.1 Å². The van der Waals surface area contributed by atoms with Crippen LogP contribution in [0.25, 0.3) is 0 Å². The first-order valence-corrected chi connectivity index (χ1v) is 5.80. The number of aryl methyl sites for hydroxylation is 1. The Morgan fingerprint density at radius 3 is 2.69 bits per heavy atom. The normalized spacial score (nSPS) is 11.1. The fourth-order valence-corrected chi connectivity index (χ4v) is 1.54. The number of nitrogens with zero attached hydrogens (tertiary/aromatic N) is 3. The third-order valence-electron chi connectivity index (χ3n) is 2.14. The van der Waals surface area contributed by atoms with Crippen molar-refractivity contribution in [3.63, 3.8) is 0 Å².